The van der Waals surface area contributed by atoms with Gasteiger partial charge in [0.15, 0.2) is 0 Å². The lowest BCUT2D eigenvalue weighted by Gasteiger charge is -2.21. The lowest BCUT2D eigenvalue weighted by molar-refractivity contribution is -0.116. The molecule has 0 aromatic heterocycles. The number of amides is 1. The molecular weight excluding hydrogens is 272 g/mol. The van der Waals surface area contributed by atoms with Gasteiger partial charge >= 0.3 is 0 Å². The van der Waals surface area contributed by atoms with Crippen LogP contribution in [0.5, 0.6) is 0 Å². The van der Waals surface area contributed by atoms with Gasteiger partial charge in [-0.25, -0.2) is 0 Å². The molecule has 1 amide bonds. The molecule has 0 heterocycles. The van der Waals surface area contributed by atoms with E-state index in [9.17, 15) is 4.79 Å². The minimum atomic E-state index is 0. The summed E-state index contributed by atoms with van der Waals surface area (Å²) in [5.74, 6) is 0.894. The molecule has 3 nitrogen and oxygen atoms in total. The lowest BCUT2D eigenvalue weighted by Crippen LogP contribution is -2.14. The molecule has 4 heteroatoms. The third-order valence-corrected chi connectivity index (χ3v) is 3.98. The number of benzene rings is 1. The maximum atomic E-state index is 11.9. The molecular formula is C16H25ClN2O. The summed E-state index contributed by atoms with van der Waals surface area (Å²) in [5, 5.41) is 2.95. The first-order valence-corrected chi connectivity index (χ1v) is 7.37. The molecule has 112 valence electrons. The summed E-state index contributed by atoms with van der Waals surface area (Å²) >= 11 is 0. The first kappa shape index (κ1) is 17.0. The monoisotopic (exact) mass is 296 g/mol. The summed E-state index contributed by atoms with van der Waals surface area (Å²) in [6.07, 6.45) is 8.34. The van der Waals surface area contributed by atoms with Crippen LogP contribution in [0, 0.1) is 5.92 Å². The average molecular weight is 297 g/mol. The van der Waals surface area contributed by atoms with Crippen LogP contribution >= 0.6 is 12.4 Å². The molecule has 1 aromatic carbocycles. The summed E-state index contributed by atoms with van der Waals surface area (Å²) in [6, 6.07) is 7.74. The quantitative estimate of drug-likeness (QED) is 0.866. The van der Waals surface area contributed by atoms with Crippen molar-refractivity contribution in [1.29, 1.82) is 0 Å². The van der Waals surface area contributed by atoms with Crippen molar-refractivity contribution in [2.24, 2.45) is 11.7 Å². The number of carbonyl (C=O) groups is 1. The molecule has 2 rings (SSSR count). The van der Waals surface area contributed by atoms with Gasteiger partial charge in [-0.05, 0) is 30.0 Å². The van der Waals surface area contributed by atoms with Crippen LogP contribution in [0.15, 0.2) is 24.3 Å². The predicted molar refractivity (Wildman–Crippen MR) is 86.0 cm³/mol. The highest BCUT2D eigenvalue weighted by Crippen LogP contribution is 2.27. The molecule has 0 radical (unpaired) electrons. The fourth-order valence-electron chi connectivity index (χ4n) is 2.76. The third-order valence-electron chi connectivity index (χ3n) is 3.98. The highest BCUT2D eigenvalue weighted by atomic mass is 35.5. The van der Waals surface area contributed by atoms with E-state index in [0.717, 1.165) is 23.6 Å². The second-order valence-electron chi connectivity index (χ2n) is 5.49. The minimum Gasteiger partial charge on any atom is -0.326 e. The molecule has 1 saturated carbocycles. The van der Waals surface area contributed by atoms with Crippen LogP contribution in [0.25, 0.3) is 0 Å². The van der Waals surface area contributed by atoms with Gasteiger partial charge in [-0.3, -0.25) is 4.79 Å². The second kappa shape index (κ2) is 8.98. The van der Waals surface area contributed by atoms with Crippen LogP contribution in [0.4, 0.5) is 5.69 Å². The normalized spacial score (nSPS) is 15.4. The Bertz CT molecular complexity index is 399. The summed E-state index contributed by atoms with van der Waals surface area (Å²) in [4.78, 5) is 11.9. The Hall–Kier alpha value is -1.06. The van der Waals surface area contributed by atoms with Crippen molar-refractivity contribution in [3.63, 3.8) is 0 Å². The topological polar surface area (TPSA) is 55.1 Å². The van der Waals surface area contributed by atoms with Gasteiger partial charge in [0.05, 0.1) is 0 Å². The first-order valence-electron chi connectivity index (χ1n) is 7.37. The Morgan fingerprint density at radius 2 is 1.80 bits per heavy atom. The molecule has 1 aliphatic rings. The third kappa shape index (κ3) is 5.51. The van der Waals surface area contributed by atoms with Crippen molar-refractivity contribution in [1.82, 2.24) is 0 Å². The summed E-state index contributed by atoms with van der Waals surface area (Å²) in [7, 11) is 0. The smallest absolute Gasteiger partial charge is 0.224 e. The van der Waals surface area contributed by atoms with Gasteiger partial charge in [-0.15, -0.1) is 12.4 Å². The molecule has 1 aliphatic carbocycles. The highest BCUT2D eigenvalue weighted by Gasteiger charge is 2.14. The zero-order valence-electron chi connectivity index (χ0n) is 11.9. The fourth-order valence-corrected chi connectivity index (χ4v) is 2.76. The molecule has 1 aromatic rings. The summed E-state index contributed by atoms with van der Waals surface area (Å²) < 4.78 is 0. The van der Waals surface area contributed by atoms with Crippen molar-refractivity contribution in [3.8, 4) is 0 Å². The molecule has 0 spiro atoms. The van der Waals surface area contributed by atoms with Gasteiger partial charge in [-0.2, -0.15) is 0 Å². The van der Waals surface area contributed by atoms with Crippen LogP contribution in [0.3, 0.4) is 0 Å². The van der Waals surface area contributed by atoms with Crippen molar-refractivity contribution < 1.29 is 4.79 Å². The Morgan fingerprint density at radius 1 is 1.15 bits per heavy atom. The Balaban J connectivity index is 0.00000200. The van der Waals surface area contributed by atoms with Gasteiger partial charge in [-0.1, -0.05) is 44.2 Å². The van der Waals surface area contributed by atoms with Gasteiger partial charge in [0.1, 0.15) is 0 Å². The van der Waals surface area contributed by atoms with Crippen molar-refractivity contribution in [2.45, 2.75) is 51.5 Å². The number of nitrogens with two attached hydrogens (primary N) is 1. The Labute approximate surface area is 127 Å². The number of anilines is 1. The molecule has 3 N–H and O–H groups in total. The zero-order chi connectivity index (χ0) is 13.5. The van der Waals surface area contributed by atoms with Gasteiger partial charge < -0.3 is 11.1 Å². The lowest BCUT2D eigenvalue weighted by atomic mass is 9.86. The Kier molecular flexibility index (Phi) is 7.63. The molecule has 0 unspecified atom stereocenters. The largest absolute Gasteiger partial charge is 0.326 e. The zero-order valence-corrected chi connectivity index (χ0v) is 12.8. The molecule has 0 saturated heterocycles. The standard InChI is InChI=1S/C16H24N2O.ClH/c17-12-14-6-9-15(10-7-14)18-16(19)11-8-13-4-2-1-3-5-13;/h6-7,9-10,13H,1-5,8,11-12,17H2,(H,18,19);1H. The van der Waals surface area contributed by atoms with E-state index in [4.69, 9.17) is 5.73 Å². The van der Waals surface area contributed by atoms with E-state index < -0.39 is 0 Å². The van der Waals surface area contributed by atoms with E-state index in [1.54, 1.807) is 0 Å². The predicted octanol–water partition coefficient (Wildman–Crippen LogP) is 3.87. The van der Waals surface area contributed by atoms with Gasteiger partial charge in [0, 0.05) is 18.7 Å². The molecule has 1 fully saturated rings. The van der Waals surface area contributed by atoms with Crippen LogP contribution in [0.2, 0.25) is 0 Å². The number of hydrogen-bond donors (Lipinski definition) is 2. The summed E-state index contributed by atoms with van der Waals surface area (Å²) in [6.45, 7) is 0.538. The van der Waals surface area contributed by atoms with E-state index in [1.807, 2.05) is 24.3 Å². The van der Waals surface area contributed by atoms with E-state index in [-0.39, 0.29) is 18.3 Å². The van der Waals surface area contributed by atoms with E-state index in [1.165, 1.54) is 32.1 Å². The van der Waals surface area contributed by atoms with E-state index in [2.05, 4.69) is 5.32 Å². The van der Waals surface area contributed by atoms with Crippen LogP contribution < -0.4 is 11.1 Å². The summed E-state index contributed by atoms with van der Waals surface area (Å²) in [5.41, 5.74) is 7.49. The molecule has 20 heavy (non-hydrogen) atoms. The minimum absolute atomic E-state index is 0. The fraction of sp³-hybridized carbons (Fsp3) is 0.562. The van der Waals surface area contributed by atoms with Crippen molar-refractivity contribution >= 4 is 24.0 Å². The van der Waals surface area contributed by atoms with E-state index in [0.29, 0.717) is 13.0 Å². The SMILES string of the molecule is Cl.NCc1ccc(NC(=O)CCC2CCCCC2)cc1. The van der Waals surface area contributed by atoms with Crippen molar-refractivity contribution in [3.05, 3.63) is 29.8 Å². The highest BCUT2D eigenvalue weighted by molar-refractivity contribution is 5.90. The van der Waals surface area contributed by atoms with Crippen LogP contribution in [-0.2, 0) is 11.3 Å². The number of nitrogens with one attached hydrogen (secondary N) is 1. The maximum absolute atomic E-state index is 11.9. The first-order chi connectivity index (χ1) is 9.28. The molecule has 0 atom stereocenters. The average Bonchev–Trinajstić information content (AvgIpc) is 2.47. The molecule has 0 aliphatic heterocycles. The van der Waals surface area contributed by atoms with Crippen molar-refractivity contribution in [2.75, 3.05) is 5.32 Å². The number of carbonyl (C=O) groups excluding carboxylic acids is 1. The second-order valence-corrected chi connectivity index (χ2v) is 5.49. The number of rotatable bonds is 5. The van der Waals surface area contributed by atoms with Crippen LogP contribution in [-0.4, -0.2) is 5.91 Å². The van der Waals surface area contributed by atoms with E-state index >= 15 is 0 Å². The maximum Gasteiger partial charge on any atom is 0.224 e. The number of hydrogen-bond acceptors (Lipinski definition) is 2. The van der Waals surface area contributed by atoms with Gasteiger partial charge in [0.25, 0.3) is 0 Å². The Morgan fingerprint density at radius 3 is 2.40 bits per heavy atom. The van der Waals surface area contributed by atoms with Crippen LogP contribution in [0.1, 0.15) is 50.5 Å². The number of halogens is 1. The molecule has 0 bridgehead atoms. The van der Waals surface area contributed by atoms with Gasteiger partial charge in [0.2, 0.25) is 5.91 Å².